The monoisotopic (exact) mass is 307 g/mol. The minimum absolute atomic E-state index is 0.465. The van der Waals surface area contributed by atoms with Crippen LogP contribution in [0, 0.1) is 6.92 Å². The van der Waals surface area contributed by atoms with Gasteiger partial charge in [0, 0.05) is 10.9 Å². The Morgan fingerprint density at radius 2 is 2.00 bits per heavy atom. The molecule has 5 nitrogen and oxygen atoms in total. The highest BCUT2D eigenvalue weighted by Gasteiger charge is 2.17. The largest absolute Gasteiger partial charge is 0.382 e. The third-order valence-corrected chi connectivity index (χ3v) is 4.32. The zero-order chi connectivity index (χ0) is 15.1. The van der Waals surface area contributed by atoms with E-state index in [1.807, 2.05) is 35.0 Å². The summed E-state index contributed by atoms with van der Waals surface area (Å²) in [5.74, 6) is 0.465. The first-order chi connectivity index (χ1) is 10.7. The summed E-state index contributed by atoms with van der Waals surface area (Å²) in [6, 6.07) is 12.2. The first kappa shape index (κ1) is 13.0. The molecule has 6 heteroatoms. The molecule has 0 bridgehead atoms. The first-order valence-electron chi connectivity index (χ1n) is 6.84. The Hall–Kier alpha value is -2.73. The number of nitrogen functional groups attached to an aromatic ring is 1. The van der Waals surface area contributed by atoms with Crippen LogP contribution in [0.3, 0.4) is 0 Å². The molecular weight excluding hydrogens is 294 g/mol. The second-order valence-electron chi connectivity index (χ2n) is 4.97. The highest BCUT2D eigenvalue weighted by molar-refractivity contribution is 7.09. The van der Waals surface area contributed by atoms with E-state index in [2.05, 4.69) is 33.3 Å². The molecule has 0 amide bonds. The Balaban J connectivity index is 2.06. The van der Waals surface area contributed by atoms with Gasteiger partial charge >= 0.3 is 0 Å². The summed E-state index contributed by atoms with van der Waals surface area (Å²) in [7, 11) is 0. The predicted octanol–water partition coefficient (Wildman–Crippen LogP) is 3.41. The second-order valence-corrected chi connectivity index (χ2v) is 6.03. The van der Waals surface area contributed by atoms with E-state index < -0.39 is 0 Å². The van der Waals surface area contributed by atoms with Gasteiger partial charge in [0.1, 0.15) is 11.8 Å². The molecule has 4 rings (SSSR count). The van der Waals surface area contributed by atoms with Gasteiger partial charge in [0.15, 0.2) is 5.82 Å². The van der Waals surface area contributed by atoms with Crippen molar-refractivity contribution in [3.8, 4) is 22.5 Å². The molecule has 4 aromatic rings. The van der Waals surface area contributed by atoms with E-state index in [1.165, 1.54) is 6.33 Å². The van der Waals surface area contributed by atoms with E-state index in [0.29, 0.717) is 5.82 Å². The molecule has 0 spiro atoms. The Kier molecular flexibility index (Phi) is 2.90. The third-order valence-electron chi connectivity index (χ3n) is 3.55. The topological polar surface area (TPSA) is 69.1 Å². The summed E-state index contributed by atoms with van der Waals surface area (Å²) >= 11 is 1.62. The number of hydrogen-bond acceptors (Lipinski definition) is 5. The number of nitrogens with two attached hydrogens (primary N) is 1. The summed E-state index contributed by atoms with van der Waals surface area (Å²) in [5, 5.41) is 7.42. The van der Waals surface area contributed by atoms with Crippen molar-refractivity contribution in [2.24, 2.45) is 0 Å². The van der Waals surface area contributed by atoms with Crippen molar-refractivity contribution in [3.63, 3.8) is 0 Å². The number of fused-ring (bicyclic) bond motifs is 1. The van der Waals surface area contributed by atoms with Crippen molar-refractivity contribution < 1.29 is 0 Å². The lowest BCUT2D eigenvalue weighted by Crippen LogP contribution is -2.00. The number of hydrogen-bond donors (Lipinski definition) is 1. The fourth-order valence-electron chi connectivity index (χ4n) is 2.57. The second kappa shape index (κ2) is 4.92. The molecule has 0 fully saturated rings. The van der Waals surface area contributed by atoms with Gasteiger partial charge in [-0.15, -0.1) is 11.3 Å². The van der Waals surface area contributed by atoms with Gasteiger partial charge in [0.2, 0.25) is 0 Å². The van der Waals surface area contributed by atoms with Crippen LogP contribution >= 0.6 is 11.3 Å². The minimum atomic E-state index is 0.465. The highest BCUT2D eigenvalue weighted by atomic mass is 32.1. The summed E-state index contributed by atoms with van der Waals surface area (Å²) in [5.41, 5.74) is 10.8. The number of rotatable bonds is 2. The van der Waals surface area contributed by atoms with Gasteiger partial charge in [-0.1, -0.05) is 30.3 Å². The smallest absolute Gasteiger partial charge is 0.152 e. The van der Waals surface area contributed by atoms with E-state index >= 15 is 0 Å². The summed E-state index contributed by atoms with van der Waals surface area (Å²) in [6.07, 6.45) is 1.47. The number of nitrogens with zero attached hydrogens (tertiary/aromatic N) is 4. The lowest BCUT2D eigenvalue weighted by Gasteiger charge is -2.02. The van der Waals surface area contributed by atoms with Crippen LogP contribution in [0.4, 0.5) is 5.82 Å². The van der Waals surface area contributed by atoms with Crippen molar-refractivity contribution in [3.05, 3.63) is 53.1 Å². The predicted molar refractivity (Wildman–Crippen MR) is 88.7 cm³/mol. The van der Waals surface area contributed by atoms with Gasteiger partial charge in [0.05, 0.1) is 16.4 Å². The van der Waals surface area contributed by atoms with E-state index in [-0.39, 0.29) is 0 Å². The minimum Gasteiger partial charge on any atom is -0.382 e. The number of aryl methyl sites for hydroxylation is 1. The van der Waals surface area contributed by atoms with Gasteiger partial charge in [-0.2, -0.15) is 5.10 Å². The van der Waals surface area contributed by atoms with Crippen LogP contribution in [0.2, 0.25) is 0 Å². The standard InChI is InChI=1S/C16H13N5S/c1-10-20-13(8-22-10)14-7-12(11-5-3-2-4-6-11)15-16(17)18-9-19-21(14)15/h2-9H,1H3,(H2,17,18,19). The molecule has 108 valence electrons. The third kappa shape index (κ3) is 1.96. The molecule has 0 saturated carbocycles. The lowest BCUT2D eigenvalue weighted by atomic mass is 10.1. The maximum Gasteiger partial charge on any atom is 0.152 e. The van der Waals surface area contributed by atoms with Crippen LogP contribution in [-0.2, 0) is 0 Å². The van der Waals surface area contributed by atoms with Crippen molar-refractivity contribution in [2.45, 2.75) is 6.92 Å². The van der Waals surface area contributed by atoms with Gasteiger partial charge in [-0.25, -0.2) is 14.5 Å². The normalized spacial score (nSPS) is 11.1. The van der Waals surface area contributed by atoms with E-state index in [1.54, 1.807) is 11.3 Å². The molecule has 0 saturated heterocycles. The Bertz CT molecular complexity index is 955. The number of thiazole rings is 1. The molecule has 0 aliphatic heterocycles. The molecule has 3 aromatic heterocycles. The van der Waals surface area contributed by atoms with Crippen molar-refractivity contribution in [1.82, 2.24) is 19.6 Å². The number of benzene rings is 1. The summed E-state index contributed by atoms with van der Waals surface area (Å²) in [6.45, 7) is 1.99. The van der Waals surface area contributed by atoms with Crippen LogP contribution in [0.25, 0.3) is 28.0 Å². The molecule has 0 aliphatic carbocycles. The van der Waals surface area contributed by atoms with Crippen LogP contribution in [0.5, 0.6) is 0 Å². The fourth-order valence-corrected chi connectivity index (χ4v) is 3.18. The average Bonchev–Trinajstić information content (AvgIpc) is 3.13. The van der Waals surface area contributed by atoms with Gasteiger partial charge < -0.3 is 5.73 Å². The summed E-state index contributed by atoms with van der Waals surface area (Å²) < 4.78 is 1.82. The molecule has 0 atom stereocenters. The van der Waals surface area contributed by atoms with Crippen LogP contribution < -0.4 is 5.73 Å². The Morgan fingerprint density at radius 3 is 2.73 bits per heavy atom. The quantitative estimate of drug-likeness (QED) is 0.616. The molecule has 0 aliphatic rings. The highest BCUT2D eigenvalue weighted by Crippen LogP contribution is 2.34. The number of aromatic nitrogens is 4. The zero-order valence-electron chi connectivity index (χ0n) is 11.9. The molecule has 0 unspecified atom stereocenters. The van der Waals surface area contributed by atoms with Crippen LogP contribution in [0.1, 0.15) is 5.01 Å². The maximum absolute atomic E-state index is 6.10. The molecule has 2 N–H and O–H groups in total. The molecule has 1 aromatic carbocycles. The molecular formula is C16H13N5S. The van der Waals surface area contributed by atoms with Gasteiger partial charge in [0.25, 0.3) is 0 Å². The SMILES string of the molecule is Cc1nc(-c2cc(-c3ccccc3)c3c(N)ncnn23)cs1. The molecule has 0 radical (unpaired) electrons. The van der Waals surface area contributed by atoms with Crippen molar-refractivity contribution >= 4 is 22.7 Å². The van der Waals surface area contributed by atoms with Crippen LogP contribution in [0.15, 0.2) is 48.1 Å². The van der Waals surface area contributed by atoms with Gasteiger partial charge in [-0.05, 0) is 18.6 Å². The lowest BCUT2D eigenvalue weighted by molar-refractivity contribution is 0.911. The summed E-state index contributed by atoms with van der Waals surface area (Å²) in [4.78, 5) is 8.70. The maximum atomic E-state index is 6.10. The molecule has 22 heavy (non-hydrogen) atoms. The van der Waals surface area contributed by atoms with Crippen molar-refractivity contribution in [1.29, 1.82) is 0 Å². The number of anilines is 1. The Morgan fingerprint density at radius 1 is 1.18 bits per heavy atom. The zero-order valence-corrected chi connectivity index (χ0v) is 12.7. The Labute approximate surface area is 131 Å². The van der Waals surface area contributed by atoms with E-state index in [0.717, 1.165) is 33.0 Å². The first-order valence-corrected chi connectivity index (χ1v) is 7.72. The average molecular weight is 307 g/mol. The van der Waals surface area contributed by atoms with Crippen molar-refractivity contribution in [2.75, 3.05) is 5.73 Å². The van der Waals surface area contributed by atoms with Crippen LogP contribution in [-0.4, -0.2) is 19.6 Å². The fraction of sp³-hybridized carbons (Fsp3) is 0.0625. The van der Waals surface area contributed by atoms with E-state index in [9.17, 15) is 0 Å². The molecule has 3 heterocycles. The van der Waals surface area contributed by atoms with E-state index in [4.69, 9.17) is 5.73 Å². The van der Waals surface area contributed by atoms with Gasteiger partial charge in [-0.3, -0.25) is 0 Å².